The molecule has 1 aromatic heterocycles. The van der Waals surface area contributed by atoms with Crippen LogP contribution < -0.4 is 5.56 Å². The Hall–Kier alpha value is -1.69. The van der Waals surface area contributed by atoms with E-state index >= 15 is 0 Å². The summed E-state index contributed by atoms with van der Waals surface area (Å²) in [5.41, 5.74) is -0.325. The Morgan fingerprint density at radius 2 is 2.17 bits per heavy atom. The molecule has 18 heavy (non-hydrogen) atoms. The Morgan fingerprint density at radius 1 is 1.50 bits per heavy atom. The summed E-state index contributed by atoms with van der Waals surface area (Å²) in [5, 5.41) is 9.05. The molecular weight excluding hydrogens is 234 g/mol. The first-order chi connectivity index (χ1) is 8.47. The summed E-state index contributed by atoms with van der Waals surface area (Å²) < 4.78 is 1.37. The maximum absolute atomic E-state index is 12.0. The summed E-state index contributed by atoms with van der Waals surface area (Å²) >= 11 is 0. The van der Waals surface area contributed by atoms with Gasteiger partial charge in [-0.25, -0.2) is 9.78 Å². The quantitative estimate of drug-likeness (QED) is 0.797. The van der Waals surface area contributed by atoms with Crippen LogP contribution in [-0.4, -0.2) is 46.2 Å². The fraction of sp³-hybridized carbons (Fsp3) is 0.583. The van der Waals surface area contributed by atoms with Crippen LogP contribution in [-0.2, 0) is 13.0 Å². The zero-order chi connectivity index (χ0) is 13.7. The number of carbonyl (C=O) groups is 1. The smallest absolute Gasteiger partial charge is 0.343 e. The van der Waals surface area contributed by atoms with Crippen molar-refractivity contribution >= 4 is 5.97 Å². The first-order valence-corrected chi connectivity index (χ1v) is 5.93. The normalized spacial score (nSPS) is 10.9. The molecule has 0 radical (unpaired) electrons. The summed E-state index contributed by atoms with van der Waals surface area (Å²) in [6, 6.07) is 0. The Morgan fingerprint density at radius 3 is 2.67 bits per heavy atom. The lowest BCUT2D eigenvalue weighted by Gasteiger charge is -2.11. The van der Waals surface area contributed by atoms with Crippen molar-refractivity contribution in [2.75, 3.05) is 20.6 Å². The van der Waals surface area contributed by atoms with E-state index in [1.165, 1.54) is 10.9 Å². The highest BCUT2D eigenvalue weighted by Gasteiger charge is 2.16. The van der Waals surface area contributed by atoms with Gasteiger partial charge in [-0.2, -0.15) is 0 Å². The molecule has 0 bridgehead atoms. The highest BCUT2D eigenvalue weighted by molar-refractivity contribution is 5.88. The third-order valence-corrected chi connectivity index (χ3v) is 2.67. The second kappa shape index (κ2) is 6.30. The molecule has 1 aromatic rings. The molecule has 0 aromatic carbocycles. The van der Waals surface area contributed by atoms with E-state index in [0.29, 0.717) is 18.7 Å². The van der Waals surface area contributed by atoms with Crippen LogP contribution in [0.1, 0.15) is 29.4 Å². The van der Waals surface area contributed by atoms with Crippen molar-refractivity contribution in [1.29, 1.82) is 0 Å². The number of rotatable bonds is 6. The predicted octanol–water partition coefficient (Wildman–Crippen LogP) is 0.456. The first kappa shape index (κ1) is 14.4. The zero-order valence-electron chi connectivity index (χ0n) is 11.0. The number of hydrogen-bond donors (Lipinski definition) is 1. The van der Waals surface area contributed by atoms with Crippen LogP contribution in [0.2, 0.25) is 0 Å². The van der Waals surface area contributed by atoms with E-state index in [4.69, 9.17) is 5.11 Å². The second-order valence-electron chi connectivity index (χ2n) is 4.38. The minimum atomic E-state index is -1.20. The molecule has 0 aliphatic carbocycles. The molecule has 0 aliphatic rings. The molecule has 0 unspecified atom stereocenters. The van der Waals surface area contributed by atoms with Gasteiger partial charge in [0.2, 0.25) is 0 Å². The van der Waals surface area contributed by atoms with Crippen LogP contribution in [0.4, 0.5) is 0 Å². The topological polar surface area (TPSA) is 75.4 Å². The van der Waals surface area contributed by atoms with E-state index in [1.54, 1.807) is 6.92 Å². The van der Waals surface area contributed by atoms with Crippen molar-refractivity contribution in [3.05, 3.63) is 27.9 Å². The molecular formula is C12H19N3O3. The van der Waals surface area contributed by atoms with E-state index in [2.05, 4.69) is 4.98 Å². The number of nitrogens with zero attached hydrogens (tertiary/aromatic N) is 3. The average Bonchev–Trinajstić information content (AvgIpc) is 2.29. The molecule has 6 nitrogen and oxygen atoms in total. The fourth-order valence-electron chi connectivity index (χ4n) is 1.72. The number of hydrogen-bond acceptors (Lipinski definition) is 4. The Labute approximate surface area is 106 Å². The van der Waals surface area contributed by atoms with Gasteiger partial charge in [0, 0.05) is 6.54 Å². The van der Waals surface area contributed by atoms with Gasteiger partial charge >= 0.3 is 5.97 Å². The van der Waals surface area contributed by atoms with Crippen LogP contribution in [0.25, 0.3) is 0 Å². The van der Waals surface area contributed by atoms with Crippen molar-refractivity contribution in [3.63, 3.8) is 0 Å². The monoisotopic (exact) mass is 253 g/mol. The first-order valence-electron chi connectivity index (χ1n) is 5.93. The Bertz CT molecular complexity index is 480. The maximum Gasteiger partial charge on any atom is 0.343 e. The van der Waals surface area contributed by atoms with Crippen LogP contribution in [0.5, 0.6) is 0 Å². The molecule has 1 N–H and O–H groups in total. The molecule has 100 valence electrons. The SMILES string of the molecule is CCc1ncn(CCCN(C)C)c(=O)c1C(=O)O. The third-order valence-electron chi connectivity index (χ3n) is 2.67. The molecule has 1 rings (SSSR count). The molecule has 0 saturated heterocycles. The molecule has 6 heteroatoms. The highest BCUT2D eigenvalue weighted by Crippen LogP contribution is 2.01. The van der Waals surface area contributed by atoms with E-state index in [-0.39, 0.29) is 5.56 Å². The van der Waals surface area contributed by atoms with Gasteiger partial charge in [-0.1, -0.05) is 6.92 Å². The molecule has 0 saturated carbocycles. The number of aromatic nitrogens is 2. The predicted molar refractivity (Wildman–Crippen MR) is 68.0 cm³/mol. The van der Waals surface area contributed by atoms with Crippen molar-refractivity contribution in [2.45, 2.75) is 26.3 Å². The van der Waals surface area contributed by atoms with Gasteiger partial charge in [0.05, 0.1) is 12.0 Å². The van der Waals surface area contributed by atoms with Gasteiger partial charge in [-0.3, -0.25) is 9.36 Å². The minimum Gasteiger partial charge on any atom is -0.477 e. The molecule has 0 atom stereocenters. The van der Waals surface area contributed by atoms with Crippen molar-refractivity contribution in [1.82, 2.24) is 14.5 Å². The fourth-order valence-corrected chi connectivity index (χ4v) is 1.72. The molecule has 0 aliphatic heterocycles. The zero-order valence-corrected chi connectivity index (χ0v) is 11.0. The number of carboxylic acid groups (broad SMARTS) is 1. The van der Waals surface area contributed by atoms with Crippen molar-refractivity contribution < 1.29 is 9.90 Å². The number of aromatic carboxylic acids is 1. The van der Waals surface area contributed by atoms with Crippen molar-refractivity contribution in [3.8, 4) is 0 Å². The van der Waals surface area contributed by atoms with Crippen LogP contribution in [0, 0.1) is 0 Å². The largest absolute Gasteiger partial charge is 0.477 e. The van der Waals surface area contributed by atoms with Gasteiger partial charge < -0.3 is 10.0 Å². The lowest BCUT2D eigenvalue weighted by molar-refractivity contribution is 0.0692. The standard InChI is InChI=1S/C12H19N3O3/c1-4-9-10(12(17)18)11(16)15(8-13-9)7-5-6-14(2)3/h8H,4-7H2,1-3H3,(H,17,18). The molecule has 0 spiro atoms. The molecule has 0 amide bonds. The van der Waals surface area contributed by atoms with E-state index in [9.17, 15) is 9.59 Å². The van der Waals surface area contributed by atoms with Gasteiger partial charge in [0.15, 0.2) is 0 Å². The van der Waals surface area contributed by atoms with Crippen LogP contribution in [0.3, 0.4) is 0 Å². The van der Waals surface area contributed by atoms with Gasteiger partial charge in [-0.15, -0.1) is 0 Å². The highest BCUT2D eigenvalue weighted by atomic mass is 16.4. The summed E-state index contributed by atoms with van der Waals surface area (Å²) in [6.45, 7) is 3.10. The summed E-state index contributed by atoms with van der Waals surface area (Å²) in [5.74, 6) is -1.20. The number of carboxylic acids is 1. The van der Waals surface area contributed by atoms with E-state index in [0.717, 1.165) is 13.0 Å². The average molecular weight is 253 g/mol. The van der Waals surface area contributed by atoms with Gasteiger partial charge in [-0.05, 0) is 33.5 Å². The van der Waals surface area contributed by atoms with Gasteiger partial charge in [0.1, 0.15) is 5.56 Å². The van der Waals surface area contributed by atoms with Crippen LogP contribution in [0.15, 0.2) is 11.1 Å². The maximum atomic E-state index is 12.0. The van der Waals surface area contributed by atoms with Gasteiger partial charge in [0.25, 0.3) is 5.56 Å². The molecule has 1 heterocycles. The summed E-state index contributed by atoms with van der Waals surface area (Å²) in [4.78, 5) is 29.1. The lowest BCUT2D eigenvalue weighted by Crippen LogP contribution is -2.30. The van der Waals surface area contributed by atoms with E-state index in [1.807, 2.05) is 19.0 Å². The number of aryl methyl sites for hydroxylation is 2. The third kappa shape index (κ3) is 3.40. The second-order valence-corrected chi connectivity index (χ2v) is 4.38. The molecule has 0 fully saturated rings. The Kier molecular flexibility index (Phi) is 5.03. The van der Waals surface area contributed by atoms with E-state index < -0.39 is 11.5 Å². The lowest BCUT2D eigenvalue weighted by atomic mass is 10.2. The van der Waals surface area contributed by atoms with Crippen LogP contribution >= 0.6 is 0 Å². The Balaban J connectivity index is 2.98. The van der Waals surface area contributed by atoms with Crippen molar-refractivity contribution in [2.24, 2.45) is 0 Å². The minimum absolute atomic E-state index is 0.204. The summed E-state index contributed by atoms with van der Waals surface area (Å²) in [7, 11) is 3.90. The summed E-state index contributed by atoms with van der Waals surface area (Å²) in [6.07, 6.45) is 2.65.